The standard InChI is InChI=1S/C23H30N6O3/c1-17-21(14-24-27(17)2)25-23(30)16-29-10-12-32-22(15-29)20-13-18(28(3)26-20)9-11-31-19-7-5-4-6-8-19/h4-8,13-14,22H,9-12,15-16H2,1-3H3,(H,25,30)/t22-/m1/s1. The Kier molecular flexibility index (Phi) is 6.87. The van der Waals surface area contributed by atoms with E-state index in [0.717, 1.165) is 34.9 Å². The predicted molar refractivity (Wildman–Crippen MR) is 121 cm³/mol. The number of para-hydroxylation sites is 1. The lowest BCUT2D eigenvalue weighted by Gasteiger charge is -2.31. The van der Waals surface area contributed by atoms with Crippen molar-refractivity contribution in [3.63, 3.8) is 0 Å². The molecule has 1 saturated heterocycles. The summed E-state index contributed by atoms with van der Waals surface area (Å²) < 4.78 is 15.4. The molecule has 0 aliphatic carbocycles. The number of benzene rings is 1. The number of nitrogens with zero attached hydrogens (tertiary/aromatic N) is 5. The monoisotopic (exact) mass is 438 g/mol. The topological polar surface area (TPSA) is 86.4 Å². The summed E-state index contributed by atoms with van der Waals surface area (Å²) in [6, 6.07) is 11.9. The van der Waals surface area contributed by atoms with Gasteiger partial charge in [-0.25, -0.2) is 0 Å². The molecule has 1 aliphatic heterocycles. The molecule has 3 aromatic rings. The summed E-state index contributed by atoms with van der Waals surface area (Å²) in [5, 5.41) is 11.8. The van der Waals surface area contributed by atoms with E-state index in [1.807, 2.05) is 56.0 Å². The zero-order valence-electron chi connectivity index (χ0n) is 18.8. The minimum atomic E-state index is -0.160. The minimum absolute atomic E-state index is 0.0541. The summed E-state index contributed by atoms with van der Waals surface area (Å²) >= 11 is 0. The molecule has 0 saturated carbocycles. The molecule has 0 radical (unpaired) electrons. The fourth-order valence-electron chi connectivity index (χ4n) is 3.75. The Morgan fingerprint density at radius 3 is 2.81 bits per heavy atom. The summed E-state index contributed by atoms with van der Waals surface area (Å²) in [5.41, 5.74) is 3.64. The molecule has 9 nitrogen and oxygen atoms in total. The quantitative estimate of drug-likeness (QED) is 0.580. The van der Waals surface area contributed by atoms with Gasteiger partial charge in [-0.05, 0) is 25.1 Å². The fourth-order valence-corrected chi connectivity index (χ4v) is 3.75. The van der Waals surface area contributed by atoms with Crippen LogP contribution in [0.5, 0.6) is 5.75 Å². The first-order chi connectivity index (χ1) is 15.5. The summed E-state index contributed by atoms with van der Waals surface area (Å²) in [6.45, 7) is 4.70. The van der Waals surface area contributed by atoms with Crippen LogP contribution in [0.25, 0.3) is 0 Å². The Morgan fingerprint density at radius 1 is 1.25 bits per heavy atom. The highest BCUT2D eigenvalue weighted by Crippen LogP contribution is 2.22. The molecule has 1 aliphatic rings. The van der Waals surface area contributed by atoms with Crippen molar-refractivity contribution in [3.05, 3.63) is 59.7 Å². The van der Waals surface area contributed by atoms with Gasteiger partial charge < -0.3 is 14.8 Å². The van der Waals surface area contributed by atoms with Gasteiger partial charge in [-0.3, -0.25) is 19.1 Å². The van der Waals surface area contributed by atoms with Crippen LogP contribution < -0.4 is 10.1 Å². The highest BCUT2D eigenvalue weighted by molar-refractivity contribution is 5.92. The molecule has 1 fully saturated rings. The van der Waals surface area contributed by atoms with Gasteiger partial charge in [-0.15, -0.1) is 0 Å². The average Bonchev–Trinajstić information content (AvgIpc) is 3.31. The van der Waals surface area contributed by atoms with E-state index in [-0.39, 0.29) is 12.0 Å². The Labute approximate surface area is 187 Å². The van der Waals surface area contributed by atoms with Crippen molar-refractivity contribution in [2.24, 2.45) is 14.1 Å². The number of aromatic nitrogens is 4. The number of carbonyl (C=O) groups excluding carboxylic acids is 1. The number of ether oxygens (including phenoxy) is 2. The van der Waals surface area contributed by atoms with Crippen molar-refractivity contribution < 1.29 is 14.3 Å². The van der Waals surface area contributed by atoms with Gasteiger partial charge in [-0.2, -0.15) is 10.2 Å². The molecular weight excluding hydrogens is 408 g/mol. The summed E-state index contributed by atoms with van der Waals surface area (Å²) in [5.74, 6) is 0.808. The van der Waals surface area contributed by atoms with Gasteiger partial charge in [0.1, 0.15) is 11.9 Å². The second kappa shape index (κ2) is 9.97. The number of hydrogen-bond donors (Lipinski definition) is 1. The minimum Gasteiger partial charge on any atom is -0.493 e. The van der Waals surface area contributed by atoms with Gasteiger partial charge in [0.05, 0.1) is 43.0 Å². The maximum atomic E-state index is 12.5. The first-order valence-electron chi connectivity index (χ1n) is 10.8. The van der Waals surface area contributed by atoms with Crippen molar-refractivity contribution in [2.75, 3.05) is 38.2 Å². The maximum absolute atomic E-state index is 12.5. The Bertz CT molecular complexity index is 1050. The molecule has 0 unspecified atom stereocenters. The van der Waals surface area contributed by atoms with E-state index < -0.39 is 0 Å². The van der Waals surface area contributed by atoms with Gasteiger partial charge in [0, 0.05) is 39.3 Å². The number of nitrogens with one attached hydrogen (secondary N) is 1. The van der Waals surface area contributed by atoms with E-state index in [9.17, 15) is 4.79 Å². The van der Waals surface area contributed by atoms with Crippen molar-refractivity contribution >= 4 is 11.6 Å². The van der Waals surface area contributed by atoms with Crippen molar-refractivity contribution in [3.8, 4) is 5.75 Å². The number of hydrogen-bond acceptors (Lipinski definition) is 6. The molecule has 2 aromatic heterocycles. The zero-order chi connectivity index (χ0) is 22.5. The molecule has 4 rings (SSSR count). The molecule has 1 N–H and O–H groups in total. The van der Waals surface area contributed by atoms with Crippen molar-refractivity contribution in [2.45, 2.75) is 19.4 Å². The number of carbonyl (C=O) groups is 1. The molecule has 0 spiro atoms. The third-order valence-corrected chi connectivity index (χ3v) is 5.72. The number of amides is 1. The lowest BCUT2D eigenvalue weighted by Crippen LogP contribution is -2.42. The van der Waals surface area contributed by atoms with Crippen LogP contribution in [0.15, 0.2) is 42.6 Å². The third-order valence-electron chi connectivity index (χ3n) is 5.72. The summed E-state index contributed by atoms with van der Waals surface area (Å²) in [6.07, 6.45) is 2.26. The van der Waals surface area contributed by atoms with Crippen LogP contribution in [-0.4, -0.2) is 63.2 Å². The van der Waals surface area contributed by atoms with E-state index in [1.165, 1.54) is 0 Å². The van der Waals surface area contributed by atoms with E-state index in [2.05, 4.69) is 26.5 Å². The predicted octanol–water partition coefficient (Wildman–Crippen LogP) is 2.10. The van der Waals surface area contributed by atoms with Crippen LogP contribution in [0.3, 0.4) is 0 Å². The van der Waals surface area contributed by atoms with Gasteiger partial charge in [0.15, 0.2) is 0 Å². The highest BCUT2D eigenvalue weighted by atomic mass is 16.5. The molecule has 0 bridgehead atoms. The SMILES string of the molecule is Cc1c(NC(=O)CN2CCO[C@@H](c3cc(CCOc4ccccc4)n(C)n3)C2)cnn1C. The lowest BCUT2D eigenvalue weighted by molar-refractivity contribution is -0.119. The van der Waals surface area contributed by atoms with E-state index in [1.54, 1.807) is 10.9 Å². The Hall–Kier alpha value is -3.17. The third kappa shape index (κ3) is 5.35. The Balaban J connectivity index is 1.30. The van der Waals surface area contributed by atoms with Crippen LogP contribution in [0.2, 0.25) is 0 Å². The smallest absolute Gasteiger partial charge is 0.238 e. The fraction of sp³-hybridized carbons (Fsp3) is 0.435. The van der Waals surface area contributed by atoms with Crippen LogP contribution >= 0.6 is 0 Å². The highest BCUT2D eigenvalue weighted by Gasteiger charge is 2.26. The van der Waals surface area contributed by atoms with Crippen LogP contribution in [0.1, 0.15) is 23.2 Å². The molecule has 1 atom stereocenters. The second-order valence-corrected chi connectivity index (χ2v) is 8.01. The maximum Gasteiger partial charge on any atom is 0.238 e. The van der Waals surface area contributed by atoms with Gasteiger partial charge in [0.25, 0.3) is 0 Å². The average molecular weight is 439 g/mol. The van der Waals surface area contributed by atoms with Gasteiger partial charge in [0.2, 0.25) is 5.91 Å². The zero-order valence-corrected chi connectivity index (χ0v) is 18.8. The molecule has 1 aromatic carbocycles. The normalized spacial score (nSPS) is 16.8. The van der Waals surface area contributed by atoms with E-state index >= 15 is 0 Å². The summed E-state index contributed by atoms with van der Waals surface area (Å²) in [4.78, 5) is 14.6. The number of morpholine rings is 1. The molecule has 9 heteroatoms. The number of aryl methyl sites for hydroxylation is 2. The molecule has 3 heterocycles. The van der Waals surface area contributed by atoms with Gasteiger partial charge >= 0.3 is 0 Å². The number of anilines is 1. The first kappa shape index (κ1) is 22.0. The largest absolute Gasteiger partial charge is 0.493 e. The Morgan fingerprint density at radius 2 is 2.06 bits per heavy atom. The van der Waals surface area contributed by atoms with Crippen molar-refractivity contribution in [1.29, 1.82) is 0 Å². The molecular formula is C23H30N6O3. The van der Waals surface area contributed by atoms with Crippen LogP contribution in [-0.2, 0) is 30.0 Å². The number of rotatable bonds is 8. The first-order valence-corrected chi connectivity index (χ1v) is 10.8. The molecule has 32 heavy (non-hydrogen) atoms. The van der Waals surface area contributed by atoms with Crippen LogP contribution in [0.4, 0.5) is 5.69 Å². The lowest BCUT2D eigenvalue weighted by atomic mass is 10.2. The molecule has 170 valence electrons. The van der Waals surface area contributed by atoms with Crippen LogP contribution in [0, 0.1) is 6.92 Å². The van der Waals surface area contributed by atoms with Gasteiger partial charge in [-0.1, -0.05) is 18.2 Å². The van der Waals surface area contributed by atoms with Crippen molar-refractivity contribution in [1.82, 2.24) is 24.5 Å². The second-order valence-electron chi connectivity index (χ2n) is 8.01. The van der Waals surface area contributed by atoms with E-state index in [0.29, 0.717) is 32.8 Å². The molecule has 1 amide bonds. The van der Waals surface area contributed by atoms with E-state index in [4.69, 9.17) is 9.47 Å². The summed E-state index contributed by atoms with van der Waals surface area (Å²) in [7, 11) is 3.79.